The number of esters is 1. The highest BCUT2D eigenvalue weighted by Crippen LogP contribution is 1.82. The summed E-state index contributed by atoms with van der Waals surface area (Å²) in [5, 5.41) is 0.292. The second-order valence-electron chi connectivity index (χ2n) is 0.939. The predicted octanol–water partition coefficient (Wildman–Crippen LogP) is 0.944. The fourth-order valence-corrected chi connectivity index (χ4v) is 0.361. The molecule has 0 spiro atoms. The molecule has 7 heavy (non-hydrogen) atoms. The lowest BCUT2D eigenvalue weighted by Gasteiger charge is -1.92. The Kier molecular flexibility index (Phi) is 4.09. The highest BCUT2D eigenvalue weighted by molar-refractivity contribution is 9.09. The van der Waals surface area contributed by atoms with Gasteiger partial charge in [0.1, 0.15) is 5.33 Å². The van der Waals surface area contributed by atoms with Crippen LogP contribution in [0.15, 0.2) is 0 Å². The smallest absolute Gasteiger partial charge is 0.316 e. The summed E-state index contributed by atoms with van der Waals surface area (Å²) >= 11 is 2.94. The van der Waals surface area contributed by atoms with Crippen LogP contribution >= 0.6 is 15.9 Å². The zero-order chi connectivity index (χ0) is 5.70. The van der Waals surface area contributed by atoms with Crippen molar-refractivity contribution in [3.8, 4) is 0 Å². The molecule has 0 heterocycles. The van der Waals surface area contributed by atoms with E-state index in [1.807, 2.05) is 0 Å². The van der Waals surface area contributed by atoms with Gasteiger partial charge in [0.15, 0.2) is 0 Å². The van der Waals surface area contributed by atoms with E-state index in [4.69, 9.17) is 0 Å². The molecule has 42 valence electrons. The molecule has 0 aromatic heterocycles. The van der Waals surface area contributed by atoms with Crippen LogP contribution in [0.2, 0.25) is 0 Å². The Morgan fingerprint density at radius 1 is 1.86 bits per heavy atom. The van der Waals surface area contributed by atoms with Gasteiger partial charge in [0, 0.05) is 0 Å². The first kappa shape index (κ1) is 6.95. The summed E-state index contributed by atoms with van der Waals surface area (Å²) in [5.41, 5.74) is 0. The molecule has 3 heteroatoms. The van der Waals surface area contributed by atoms with Crippen molar-refractivity contribution in [1.29, 1.82) is 0 Å². The van der Waals surface area contributed by atoms with Gasteiger partial charge in [0.25, 0.3) is 0 Å². The minimum atomic E-state index is -0.206. The molecule has 0 fully saturated rings. The normalized spacial score (nSPS) is 8.29. The summed E-state index contributed by atoms with van der Waals surface area (Å²) < 4.78 is 4.51. The average Bonchev–Trinajstić information content (AvgIpc) is 1.68. The van der Waals surface area contributed by atoms with Gasteiger partial charge in [-0.25, -0.2) is 0 Å². The summed E-state index contributed by atoms with van der Waals surface area (Å²) in [5.74, 6) is -0.206. The van der Waals surface area contributed by atoms with Gasteiger partial charge in [-0.1, -0.05) is 15.9 Å². The summed E-state index contributed by atoms with van der Waals surface area (Å²) in [6.45, 7) is 2.24. The Balaban J connectivity index is 3.00. The van der Waals surface area contributed by atoms with Crippen LogP contribution in [-0.4, -0.2) is 17.9 Å². The van der Waals surface area contributed by atoms with Crippen LogP contribution in [0.3, 0.4) is 0 Å². The lowest BCUT2D eigenvalue weighted by atomic mass is 10.9. The zero-order valence-corrected chi connectivity index (χ0v) is 5.69. The van der Waals surface area contributed by atoms with E-state index in [0.29, 0.717) is 11.9 Å². The topological polar surface area (TPSA) is 26.3 Å². The quantitative estimate of drug-likeness (QED) is 0.454. The maximum atomic E-state index is 10.1. The molecule has 2 nitrogen and oxygen atoms in total. The van der Waals surface area contributed by atoms with E-state index < -0.39 is 0 Å². The molecule has 0 saturated heterocycles. The first-order valence-corrected chi connectivity index (χ1v) is 3.15. The molecule has 0 bridgehead atoms. The lowest BCUT2D eigenvalue weighted by Crippen LogP contribution is -2.03. The Morgan fingerprint density at radius 3 is 2.57 bits per heavy atom. The highest BCUT2D eigenvalue weighted by Gasteiger charge is 1.92. The van der Waals surface area contributed by atoms with Crippen LogP contribution in [0, 0.1) is 0 Å². The van der Waals surface area contributed by atoms with Crippen molar-refractivity contribution in [1.82, 2.24) is 0 Å². The largest absolute Gasteiger partial charge is 0.465 e. The third-order valence-electron chi connectivity index (χ3n) is 0.414. The first-order valence-electron chi connectivity index (χ1n) is 2.02. The summed E-state index contributed by atoms with van der Waals surface area (Å²) in [6, 6.07) is 0. The number of alkyl halides is 1. The van der Waals surface area contributed by atoms with Crippen molar-refractivity contribution >= 4 is 21.9 Å². The minimum absolute atomic E-state index is 0.206. The summed E-state index contributed by atoms with van der Waals surface area (Å²) in [4.78, 5) is 10.1. The Morgan fingerprint density at radius 2 is 2.43 bits per heavy atom. The molecular formula is C4H7BrO2. The fraction of sp³-hybridized carbons (Fsp3) is 0.750. The van der Waals surface area contributed by atoms with Gasteiger partial charge in [0.2, 0.25) is 0 Å². The van der Waals surface area contributed by atoms with E-state index in [2.05, 4.69) is 20.7 Å². The second kappa shape index (κ2) is 4.12. The van der Waals surface area contributed by atoms with E-state index in [9.17, 15) is 4.79 Å². The molecule has 0 saturated carbocycles. The van der Waals surface area contributed by atoms with Gasteiger partial charge in [0.05, 0.1) is 6.61 Å². The fourth-order valence-electron chi connectivity index (χ4n) is 0.200. The SMILES string of the molecule is CCO[14C](=O)CBr. The molecule has 0 rings (SSSR count). The van der Waals surface area contributed by atoms with Crippen molar-refractivity contribution in [2.24, 2.45) is 0 Å². The van der Waals surface area contributed by atoms with Crippen LogP contribution < -0.4 is 0 Å². The van der Waals surface area contributed by atoms with E-state index in [1.165, 1.54) is 0 Å². The Hall–Kier alpha value is -0.0500. The van der Waals surface area contributed by atoms with E-state index >= 15 is 0 Å². The molecule has 0 N–H and O–H groups in total. The van der Waals surface area contributed by atoms with Gasteiger partial charge in [-0.3, -0.25) is 4.79 Å². The van der Waals surface area contributed by atoms with Gasteiger partial charge >= 0.3 is 5.97 Å². The van der Waals surface area contributed by atoms with Crippen LogP contribution in [-0.2, 0) is 9.53 Å². The molecule has 0 radical (unpaired) electrons. The lowest BCUT2D eigenvalue weighted by molar-refractivity contribution is -0.139. The second-order valence-corrected chi connectivity index (χ2v) is 1.50. The zero-order valence-electron chi connectivity index (χ0n) is 4.11. The third-order valence-corrected chi connectivity index (χ3v) is 0.872. The van der Waals surface area contributed by atoms with Gasteiger partial charge < -0.3 is 4.74 Å². The van der Waals surface area contributed by atoms with Gasteiger partial charge in [-0.2, -0.15) is 0 Å². The Bertz CT molecular complexity index is 62.7. The van der Waals surface area contributed by atoms with Crippen molar-refractivity contribution < 1.29 is 9.53 Å². The molecule has 0 aromatic carbocycles. The van der Waals surface area contributed by atoms with Crippen LogP contribution in [0.1, 0.15) is 6.92 Å². The van der Waals surface area contributed by atoms with E-state index in [-0.39, 0.29) is 5.97 Å². The number of carbonyl (C=O) groups excluding carboxylic acids is 1. The highest BCUT2D eigenvalue weighted by atomic mass is 79.9. The number of halogens is 1. The van der Waals surface area contributed by atoms with E-state index in [1.54, 1.807) is 6.92 Å². The maximum Gasteiger partial charge on any atom is 0.316 e. The number of hydrogen-bond donors (Lipinski definition) is 0. The van der Waals surface area contributed by atoms with Gasteiger partial charge in [-0.15, -0.1) is 0 Å². The average molecular weight is 169 g/mol. The van der Waals surface area contributed by atoms with Crippen molar-refractivity contribution in [3.63, 3.8) is 0 Å². The van der Waals surface area contributed by atoms with Crippen molar-refractivity contribution in [3.05, 3.63) is 0 Å². The number of hydrogen-bond acceptors (Lipinski definition) is 2. The first-order chi connectivity index (χ1) is 3.31. The number of carbonyl (C=O) groups is 1. The monoisotopic (exact) mass is 168 g/mol. The molecular weight excluding hydrogens is 162 g/mol. The molecule has 0 amide bonds. The molecule has 0 atom stereocenters. The molecule has 0 unspecified atom stereocenters. The number of rotatable bonds is 2. The standard InChI is InChI=1S/C4H7BrO2/c1-2-7-4(6)3-5/h2-3H2,1H3/i4+2. The van der Waals surface area contributed by atoms with Crippen LogP contribution in [0.25, 0.3) is 0 Å². The maximum absolute atomic E-state index is 10.1. The van der Waals surface area contributed by atoms with E-state index in [0.717, 1.165) is 0 Å². The van der Waals surface area contributed by atoms with Crippen LogP contribution in [0.4, 0.5) is 0 Å². The molecule has 0 aliphatic rings. The minimum Gasteiger partial charge on any atom is -0.465 e. The van der Waals surface area contributed by atoms with Crippen molar-refractivity contribution in [2.75, 3.05) is 11.9 Å². The van der Waals surface area contributed by atoms with Crippen LogP contribution in [0.5, 0.6) is 0 Å². The summed E-state index contributed by atoms with van der Waals surface area (Å²) in [7, 11) is 0. The number of ether oxygens (including phenoxy) is 1. The Labute approximate surface area is 51.0 Å². The molecule has 0 aliphatic carbocycles. The summed E-state index contributed by atoms with van der Waals surface area (Å²) in [6.07, 6.45) is 0. The molecule has 0 aromatic rings. The van der Waals surface area contributed by atoms with Crippen molar-refractivity contribution in [2.45, 2.75) is 6.92 Å². The third kappa shape index (κ3) is 3.79. The predicted molar refractivity (Wildman–Crippen MR) is 30.4 cm³/mol. The molecule has 0 aliphatic heterocycles. The van der Waals surface area contributed by atoms with Gasteiger partial charge in [-0.05, 0) is 6.92 Å².